The van der Waals surface area contributed by atoms with E-state index in [1.54, 1.807) is 12.1 Å². The molecule has 0 amide bonds. The predicted octanol–water partition coefficient (Wildman–Crippen LogP) is 2.05. The number of halogens is 3. The van der Waals surface area contributed by atoms with E-state index < -0.39 is 16.4 Å². The van der Waals surface area contributed by atoms with Gasteiger partial charge < -0.3 is 4.74 Å². The number of hydrogen-bond donors (Lipinski definition) is 0. The number of hydrogen-bond acceptors (Lipinski definition) is 4. The zero-order valence-electron chi connectivity index (χ0n) is 12.7. The summed E-state index contributed by atoms with van der Waals surface area (Å²) in [7, 11) is -3.18. The van der Waals surface area contributed by atoms with Crippen LogP contribution in [0.4, 0.5) is 13.2 Å². The monoisotopic (exact) mass is 352 g/mol. The summed E-state index contributed by atoms with van der Waals surface area (Å²) in [6, 6.07) is 5.73. The van der Waals surface area contributed by atoms with E-state index >= 15 is 0 Å². The van der Waals surface area contributed by atoms with Crippen LogP contribution in [0.1, 0.15) is 12.0 Å². The summed E-state index contributed by atoms with van der Waals surface area (Å²) in [6.07, 6.45) is -2.77. The van der Waals surface area contributed by atoms with Crippen LogP contribution in [0.25, 0.3) is 0 Å². The molecule has 5 nitrogen and oxygen atoms in total. The van der Waals surface area contributed by atoms with Crippen molar-refractivity contribution in [3.63, 3.8) is 0 Å². The molecule has 9 heteroatoms. The quantitative estimate of drug-likeness (QED) is 0.832. The first-order chi connectivity index (χ1) is 10.6. The molecule has 1 fully saturated rings. The van der Waals surface area contributed by atoms with Crippen molar-refractivity contribution >= 4 is 10.0 Å². The van der Waals surface area contributed by atoms with Gasteiger partial charge in [-0.1, -0.05) is 12.1 Å². The highest BCUT2D eigenvalue weighted by molar-refractivity contribution is 7.88. The van der Waals surface area contributed by atoms with Crippen molar-refractivity contribution in [1.29, 1.82) is 0 Å². The molecule has 1 aliphatic heterocycles. The molecule has 1 saturated heterocycles. The fourth-order valence-electron chi connectivity index (χ4n) is 2.49. The highest BCUT2D eigenvalue weighted by Crippen LogP contribution is 2.23. The second-order valence-electron chi connectivity index (χ2n) is 5.48. The predicted molar refractivity (Wildman–Crippen MR) is 79.4 cm³/mol. The van der Waals surface area contributed by atoms with Crippen LogP contribution < -0.4 is 4.74 Å². The summed E-state index contributed by atoms with van der Waals surface area (Å²) >= 11 is 0. The smallest absolute Gasteiger partial charge is 0.406 e. The minimum absolute atomic E-state index is 0.250. The van der Waals surface area contributed by atoms with Crippen LogP contribution in [0.5, 0.6) is 5.75 Å². The minimum atomic E-state index is -4.69. The number of rotatable bonds is 4. The topological polar surface area (TPSA) is 49.9 Å². The summed E-state index contributed by atoms with van der Waals surface area (Å²) in [5.74, 6) is -0.250. The Morgan fingerprint density at radius 2 is 1.74 bits per heavy atom. The third-order valence-electron chi connectivity index (χ3n) is 3.58. The van der Waals surface area contributed by atoms with Crippen molar-refractivity contribution in [2.75, 3.05) is 32.4 Å². The third-order valence-corrected chi connectivity index (χ3v) is 4.88. The molecular formula is C14H19F3N2O3S. The molecule has 0 spiro atoms. The van der Waals surface area contributed by atoms with Gasteiger partial charge in [-0.25, -0.2) is 12.7 Å². The van der Waals surface area contributed by atoms with E-state index in [1.807, 2.05) is 0 Å². The van der Waals surface area contributed by atoms with Crippen LogP contribution in [0.3, 0.4) is 0 Å². The van der Waals surface area contributed by atoms with Gasteiger partial charge in [0.2, 0.25) is 10.0 Å². The lowest BCUT2D eigenvalue weighted by Gasteiger charge is -2.20. The Labute approximate surface area is 133 Å². The molecule has 1 aromatic carbocycles. The maximum Gasteiger partial charge on any atom is 0.573 e. The zero-order valence-corrected chi connectivity index (χ0v) is 13.5. The van der Waals surface area contributed by atoms with Gasteiger partial charge >= 0.3 is 6.36 Å². The number of nitrogens with zero attached hydrogens (tertiary/aromatic N) is 2. The Morgan fingerprint density at radius 3 is 2.30 bits per heavy atom. The first-order valence-electron chi connectivity index (χ1n) is 7.16. The minimum Gasteiger partial charge on any atom is -0.406 e. The van der Waals surface area contributed by atoms with Crippen LogP contribution in [0.2, 0.25) is 0 Å². The first kappa shape index (κ1) is 18.0. The van der Waals surface area contributed by atoms with E-state index in [9.17, 15) is 21.6 Å². The molecule has 0 saturated carbocycles. The summed E-state index contributed by atoms with van der Waals surface area (Å²) < 4.78 is 64.7. The Bertz CT molecular complexity index is 617. The zero-order chi connectivity index (χ0) is 17.1. The van der Waals surface area contributed by atoms with Gasteiger partial charge in [-0.3, -0.25) is 4.90 Å². The van der Waals surface area contributed by atoms with Crippen LogP contribution in [-0.4, -0.2) is 56.4 Å². The van der Waals surface area contributed by atoms with Gasteiger partial charge in [0.1, 0.15) is 5.75 Å². The molecule has 0 bridgehead atoms. The second kappa shape index (κ2) is 7.06. The van der Waals surface area contributed by atoms with E-state index in [0.717, 1.165) is 18.5 Å². The van der Waals surface area contributed by atoms with Gasteiger partial charge in [0.05, 0.1) is 6.26 Å². The molecule has 0 radical (unpaired) electrons. The summed E-state index contributed by atoms with van der Waals surface area (Å²) in [5.41, 5.74) is 0.854. The largest absolute Gasteiger partial charge is 0.573 e. The molecule has 0 aromatic heterocycles. The highest BCUT2D eigenvalue weighted by atomic mass is 32.2. The van der Waals surface area contributed by atoms with E-state index in [-0.39, 0.29) is 5.75 Å². The molecule has 1 heterocycles. The SMILES string of the molecule is CS(=O)(=O)N1CCCN(Cc2ccc(OC(F)(F)F)cc2)CC1. The van der Waals surface area contributed by atoms with Crippen molar-refractivity contribution in [3.05, 3.63) is 29.8 Å². The van der Waals surface area contributed by atoms with E-state index in [2.05, 4.69) is 9.64 Å². The number of sulfonamides is 1. The highest BCUT2D eigenvalue weighted by Gasteiger charge is 2.31. The maximum absolute atomic E-state index is 12.1. The first-order valence-corrected chi connectivity index (χ1v) is 9.00. The fraction of sp³-hybridized carbons (Fsp3) is 0.571. The molecule has 1 aliphatic rings. The standard InChI is InChI=1S/C14H19F3N2O3S/c1-23(20,21)19-8-2-7-18(9-10-19)11-12-3-5-13(6-4-12)22-14(15,16)17/h3-6H,2,7-11H2,1H3. The lowest BCUT2D eigenvalue weighted by atomic mass is 10.2. The van der Waals surface area contributed by atoms with Crippen molar-refractivity contribution in [2.24, 2.45) is 0 Å². The van der Waals surface area contributed by atoms with Gasteiger partial charge in [-0.2, -0.15) is 0 Å². The number of alkyl halides is 3. The van der Waals surface area contributed by atoms with Crippen LogP contribution in [0, 0.1) is 0 Å². The third kappa shape index (κ3) is 6.00. The van der Waals surface area contributed by atoms with Gasteiger partial charge in [0.15, 0.2) is 0 Å². The van der Waals surface area contributed by atoms with Crippen molar-refractivity contribution in [2.45, 2.75) is 19.3 Å². The maximum atomic E-state index is 12.1. The lowest BCUT2D eigenvalue weighted by Crippen LogP contribution is -2.34. The van der Waals surface area contributed by atoms with Crippen molar-refractivity contribution < 1.29 is 26.3 Å². The van der Waals surface area contributed by atoms with E-state index in [0.29, 0.717) is 26.2 Å². The van der Waals surface area contributed by atoms with Crippen molar-refractivity contribution in [1.82, 2.24) is 9.21 Å². The van der Waals surface area contributed by atoms with Gasteiger partial charge in [-0.05, 0) is 30.7 Å². The molecular weight excluding hydrogens is 333 g/mol. The van der Waals surface area contributed by atoms with Crippen LogP contribution in [0.15, 0.2) is 24.3 Å². The van der Waals surface area contributed by atoms with E-state index in [4.69, 9.17) is 0 Å². The molecule has 0 atom stereocenters. The molecule has 23 heavy (non-hydrogen) atoms. The van der Waals surface area contributed by atoms with Gasteiger partial charge in [-0.15, -0.1) is 13.2 Å². The van der Waals surface area contributed by atoms with Crippen molar-refractivity contribution in [3.8, 4) is 5.75 Å². The normalized spacial score (nSPS) is 18.6. The summed E-state index contributed by atoms with van der Waals surface area (Å²) in [4.78, 5) is 2.09. The average Bonchev–Trinajstić information content (AvgIpc) is 2.64. The average molecular weight is 352 g/mol. The molecule has 0 unspecified atom stereocenters. The molecule has 0 N–H and O–H groups in total. The molecule has 0 aliphatic carbocycles. The summed E-state index contributed by atoms with van der Waals surface area (Å²) in [5, 5.41) is 0. The van der Waals surface area contributed by atoms with E-state index in [1.165, 1.54) is 22.7 Å². The molecule has 1 aromatic rings. The van der Waals surface area contributed by atoms with Gasteiger partial charge in [0.25, 0.3) is 0 Å². The Kier molecular flexibility index (Phi) is 5.53. The second-order valence-corrected chi connectivity index (χ2v) is 7.47. The van der Waals surface area contributed by atoms with Crippen LogP contribution >= 0.6 is 0 Å². The fourth-order valence-corrected chi connectivity index (χ4v) is 3.37. The Hall–Kier alpha value is -1.32. The van der Waals surface area contributed by atoms with Crippen LogP contribution in [-0.2, 0) is 16.6 Å². The Balaban J connectivity index is 1.92. The van der Waals surface area contributed by atoms with Gasteiger partial charge in [0, 0.05) is 26.2 Å². The molecule has 2 rings (SSSR count). The molecule has 130 valence electrons. The number of benzene rings is 1. The number of ether oxygens (including phenoxy) is 1. The lowest BCUT2D eigenvalue weighted by molar-refractivity contribution is -0.274. The summed E-state index contributed by atoms with van der Waals surface area (Å²) in [6.45, 7) is 2.81. The Morgan fingerprint density at radius 1 is 1.09 bits per heavy atom.